The highest BCUT2D eigenvalue weighted by molar-refractivity contribution is 5.30. The van der Waals surface area contributed by atoms with Crippen molar-refractivity contribution in [1.29, 1.82) is 0 Å². The van der Waals surface area contributed by atoms with E-state index in [1.54, 1.807) is 14.2 Å². The van der Waals surface area contributed by atoms with E-state index in [0.29, 0.717) is 25.9 Å². The lowest BCUT2D eigenvalue weighted by atomic mass is 10.1. The number of likely N-dealkylation sites (N-methyl/N-ethyl adjacent to an activating group) is 1. The van der Waals surface area contributed by atoms with Gasteiger partial charge in [0, 0.05) is 26.2 Å². The van der Waals surface area contributed by atoms with Gasteiger partial charge >= 0.3 is 0 Å². The molecule has 0 amide bonds. The normalized spacial score (nSPS) is 12.6. The van der Waals surface area contributed by atoms with Crippen molar-refractivity contribution in [3.05, 3.63) is 29.8 Å². The van der Waals surface area contributed by atoms with Gasteiger partial charge in [0.15, 0.2) is 0 Å². The van der Waals surface area contributed by atoms with Crippen molar-refractivity contribution < 1.29 is 14.2 Å². The Morgan fingerprint density at radius 2 is 1.95 bits per heavy atom. The number of nitrogens with one attached hydrogen (secondary N) is 1. The average Bonchev–Trinajstić information content (AvgIpc) is 2.49. The van der Waals surface area contributed by atoms with Crippen LogP contribution in [0, 0.1) is 0 Å². The second kappa shape index (κ2) is 10.6. The summed E-state index contributed by atoms with van der Waals surface area (Å²) in [6, 6.07) is 8.51. The van der Waals surface area contributed by atoms with Crippen molar-refractivity contribution in [2.45, 2.75) is 6.04 Å². The summed E-state index contributed by atoms with van der Waals surface area (Å²) in [5.74, 6) is 0.891. The summed E-state index contributed by atoms with van der Waals surface area (Å²) < 4.78 is 15.7. The molecule has 0 radical (unpaired) electrons. The Morgan fingerprint density at radius 1 is 1.14 bits per heavy atom. The summed E-state index contributed by atoms with van der Waals surface area (Å²) in [6.45, 7) is 3.68. The van der Waals surface area contributed by atoms with Crippen molar-refractivity contribution in [1.82, 2.24) is 10.2 Å². The highest BCUT2D eigenvalue weighted by Crippen LogP contribution is 2.21. The molecule has 1 unspecified atom stereocenters. The summed E-state index contributed by atoms with van der Waals surface area (Å²) in [7, 11) is 7.54. The van der Waals surface area contributed by atoms with E-state index >= 15 is 0 Å². The lowest BCUT2D eigenvalue weighted by molar-refractivity contribution is 0.0714. The van der Waals surface area contributed by atoms with Crippen LogP contribution in [0.15, 0.2) is 24.3 Å². The topological polar surface area (TPSA) is 43.0 Å². The van der Waals surface area contributed by atoms with Crippen molar-refractivity contribution in [2.24, 2.45) is 0 Å². The molecule has 0 saturated carbocycles. The van der Waals surface area contributed by atoms with E-state index < -0.39 is 0 Å². The molecule has 1 atom stereocenters. The summed E-state index contributed by atoms with van der Waals surface area (Å²) in [4.78, 5) is 2.20. The lowest BCUT2D eigenvalue weighted by Gasteiger charge is -2.25. The molecule has 1 N–H and O–H groups in total. The van der Waals surface area contributed by atoms with Gasteiger partial charge in [-0.2, -0.15) is 0 Å². The quantitative estimate of drug-likeness (QED) is 0.628. The van der Waals surface area contributed by atoms with E-state index in [-0.39, 0.29) is 0 Å². The van der Waals surface area contributed by atoms with Crippen LogP contribution in [-0.2, 0) is 9.47 Å². The Kier molecular flexibility index (Phi) is 9.01. The smallest absolute Gasteiger partial charge is 0.119 e. The summed E-state index contributed by atoms with van der Waals surface area (Å²) in [6.07, 6.45) is 0. The predicted molar refractivity (Wildman–Crippen MR) is 85.0 cm³/mol. The molecule has 1 rings (SSSR count). The van der Waals surface area contributed by atoms with Gasteiger partial charge in [0.05, 0.1) is 26.9 Å². The number of nitrogens with zero attached hydrogens (tertiary/aromatic N) is 1. The highest BCUT2D eigenvalue weighted by atomic mass is 16.5. The second-order valence-electron chi connectivity index (χ2n) is 5.07. The van der Waals surface area contributed by atoms with Crippen LogP contribution in [0.3, 0.4) is 0 Å². The van der Waals surface area contributed by atoms with Crippen LogP contribution in [0.25, 0.3) is 0 Å². The van der Waals surface area contributed by atoms with Gasteiger partial charge in [-0.25, -0.2) is 0 Å². The standard InChI is InChI=1S/C16H28N2O3/c1-18(2)16(13-17-8-9-21-11-10-19-3)14-6-5-7-15(12-14)20-4/h5-7,12,16-17H,8-11,13H2,1-4H3. The first-order chi connectivity index (χ1) is 10.2. The molecule has 21 heavy (non-hydrogen) atoms. The van der Waals surface area contributed by atoms with E-state index in [1.807, 2.05) is 12.1 Å². The fraction of sp³-hybridized carbons (Fsp3) is 0.625. The molecule has 0 aliphatic carbocycles. The Hall–Kier alpha value is -1.14. The number of hydrogen-bond acceptors (Lipinski definition) is 5. The molecule has 0 saturated heterocycles. The summed E-state index contributed by atoms with van der Waals surface area (Å²) >= 11 is 0. The number of rotatable bonds is 11. The molecule has 0 aliphatic heterocycles. The van der Waals surface area contributed by atoms with Crippen molar-refractivity contribution >= 4 is 0 Å². The zero-order valence-electron chi connectivity index (χ0n) is 13.6. The van der Waals surface area contributed by atoms with E-state index in [9.17, 15) is 0 Å². The van der Waals surface area contributed by atoms with E-state index in [4.69, 9.17) is 14.2 Å². The zero-order valence-corrected chi connectivity index (χ0v) is 13.6. The monoisotopic (exact) mass is 296 g/mol. The molecule has 1 aromatic carbocycles. The van der Waals surface area contributed by atoms with Crippen molar-refractivity contribution in [2.75, 3.05) is 61.2 Å². The minimum absolute atomic E-state index is 0.305. The van der Waals surface area contributed by atoms with Gasteiger partial charge < -0.3 is 24.4 Å². The van der Waals surface area contributed by atoms with Crippen LogP contribution in [0.2, 0.25) is 0 Å². The van der Waals surface area contributed by atoms with Gasteiger partial charge in [0.2, 0.25) is 0 Å². The maximum atomic E-state index is 5.44. The number of methoxy groups -OCH3 is 2. The first-order valence-electron chi connectivity index (χ1n) is 7.26. The van der Waals surface area contributed by atoms with Gasteiger partial charge in [-0.05, 0) is 31.8 Å². The third-order valence-corrected chi connectivity index (χ3v) is 3.29. The van der Waals surface area contributed by atoms with Gasteiger partial charge in [0.1, 0.15) is 5.75 Å². The van der Waals surface area contributed by atoms with Crippen molar-refractivity contribution in [3.8, 4) is 5.75 Å². The third-order valence-electron chi connectivity index (χ3n) is 3.29. The average molecular weight is 296 g/mol. The van der Waals surface area contributed by atoms with Crippen LogP contribution in [0.5, 0.6) is 5.75 Å². The molecular weight excluding hydrogens is 268 g/mol. The zero-order chi connectivity index (χ0) is 15.5. The molecule has 0 fully saturated rings. The van der Waals surface area contributed by atoms with Gasteiger partial charge in [-0.1, -0.05) is 12.1 Å². The van der Waals surface area contributed by atoms with Crippen LogP contribution in [-0.4, -0.2) is 66.1 Å². The molecule has 120 valence electrons. The molecule has 0 bridgehead atoms. The summed E-state index contributed by atoms with van der Waals surface area (Å²) in [5, 5.41) is 3.43. The van der Waals surface area contributed by atoms with Gasteiger partial charge in [0.25, 0.3) is 0 Å². The summed E-state index contributed by atoms with van der Waals surface area (Å²) in [5.41, 5.74) is 1.24. The molecule has 0 aliphatic rings. The Morgan fingerprint density at radius 3 is 2.62 bits per heavy atom. The third kappa shape index (κ3) is 6.91. The first kappa shape index (κ1) is 17.9. The van der Waals surface area contributed by atoms with Gasteiger partial charge in [-0.15, -0.1) is 0 Å². The van der Waals surface area contributed by atoms with Gasteiger partial charge in [-0.3, -0.25) is 0 Å². The molecule has 1 aromatic rings. The molecule has 0 heterocycles. The maximum Gasteiger partial charge on any atom is 0.119 e. The SMILES string of the molecule is COCCOCCNCC(c1cccc(OC)c1)N(C)C. The lowest BCUT2D eigenvalue weighted by Crippen LogP contribution is -2.32. The second-order valence-corrected chi connectivity index (χ2v) is 5.07. The number of hydrogen-bond donors (Lipinski definition) is 1. The minimum atomic E-state index is 0.305. The molecule has 5 heteroatoms. The fourth-order valence-corrected chi connectivity index (χ4v) is 2.07. The largest absolute Gasteiger partial charge is 0.497 e. The highest BCUT2D eigenvalue weighted by Gasteiger charge is 2.14. The van der Waals surface area contributed by atoms with Crippen LogP contribution in [0.4, 0.5) is 0 Å². The van der Waals surface area contributed by atoms with Crippen LogP contribution >= 0.6 is 0 Å². The maximum absolute atomic E-state index is 5.44. The van der Waals surface area contributed by atoms with E-state index in [2.05, 4.69) is 36.4 Å². The fourth-order valence-electron chi connectivity index (χ4n) is 2.07. The van der Waals surface area contributed by atoms with E-state index in [0.717, 1.165) is 18.8 Å². The Labute approximate surface area is 128 Å². The van der Waals surface area contributed by atoms with Crippen molar-refractivity contribution in [3.63, 3.8) is 0 Å². The van der Waals surface area contributed by atoms with Crippen LogP contribution < -0.4 is 10.1 Å². The number of benzene rings is 1. The Balaban J connectivity index is 2.39. The van der Waals surface area contributed by atoms with Crippen LogP contribution in [0.1, 0.15) is 11.6 Å². The minimum Gasteiger partial charge on any atom is -0.497 e. The molecule has 5 nitrogen and oxygen atoms in total. The predicted octanol–water partition coefficient (Wildman–Crippen LogP) is 1.55. The molecule has 0 spiro atoms. The van der Waals surface area contributed by atoms with E-state index in [1.165, 1.54) is 5.56 Å². The molecule has 0 aromatic heterocycles. The number of ether oxygens (including phenoxy) is 3. The Bertz CT molecular complexity index is 386. The molecular formula is C16H28N2O3. The first-order valence-corrected chi connectivity index (χ1v) is 7.26.